The number of carbonyl (C=O) groups excluding carboxylic acids is 1. The van der Waals surface area contributed by atoms with E-state index >= 15 is 0 Å². The number of hydrogen-bond acceptors (Lipinski definition) is 3. The van der Waals surface area contributed by atoms with Gasteiger partial charge < -0.3 is 10.6 Å². The highest BCUT2D eigenvalue weighted by Crippen LogP contribution is 2.18. The van der Waals surface area contributed by atoms with Crippen LogP contribution in [0.15, 0.2) is 36.3 Å². The topological polar surface area (TPSA) is 46.3 Å². The molecule has 0 fully saturated rings. The Kier molecular flexibility index (Phi) is 1.12. The minimum atomic E-state index is -0.181. The van der Waals surface area contributed by atoms with E-state index in [-0.39, 0.29) is 11.8 Å². The van der Waals surface area contributed by atoms with E-state index in [0.29, 0.717) is 5.70 Å². The summed E-state index contributed by atoms with van der Waals surface area (Å²) < 4.78 is 0. The van der Waals surface area contributed by atoms with Crippen molar-refractivity contribution < 1.29 is 4.79 Å². The molecule has 1 unspecified atom stereocenters. The molecule has 2 heterocycles. The molecule has 0 radical (unpaired) electrons. The van der Waals surface area contributed by atoms with E-state index in [4.69, 9.17) is 5.73 Å². The summed E-state index contributed by atoms with van der Waals surface area (Å²) in [7, 11) is 0. The van der Waals surface area contributed by atoms with Crippen molar-refractivity contribution in [2.75, 3.05) is 0 Å². The van der Waals surface area contributed by atoms with Gasteiger partial charge in [0.05, 0.1) is 5.70 Å². The van der Waals surface area contributed by atoms with Crippen LogP contribution < -0.4 is 5.73 Å². The molecule has 0 saturated carbocycles. The third-order valence-corrected chi connectivity index (χ3v) is 1.83. The summed E-state index contributed by atoms with van der Waals surface area (Å²) >= 11 is 0. The van der Waals surface area contributed by atoms with Gasteiger partial charge in [-0.3, -0.25) is 4.79 Å². The van der Waals surface area contributed by atoms with Crippen molar-refractivity contribution in [3.8, 4) is 0 Å². The van der Waals surface area contributed by atoms with E-state index in [1.807, 2.05) is 24.4 Å². The summed E-state index contributed by atoms with van der Waals surface area (Å²) in [5, 5.41) is 0. The molecular formula is C8H8N2O. The normalized spacial score (nSPS) is 27.3. The second-order valence-electron chi connectivity index (χ2n) is 2.57. The summed E-state index contributed by atoms with van der Waals surface area (Å²) in [5.74, 6) is -0.00870. The van der Waals surface area contributed by atoms with Gasteiger partial charge >= 0.3 is 0 Å². The predicted molar refractivity (Wildman–Crippen MR) is 41.2 cm³/mol. The molecule has 0 amide bonds. The fraction of sp³-hybridized carbons (Fsp3) is 0.125. The summed E-state index contributed by atoms with van der Waals surface area (Å²) in [6.45, 7) is 0. The largest absolute Gasteiger partial charge is 0.395 e. The summed E-state index contributed by atoms with van der Waals surface area (Å²) in [6.07, 6.45) is 9.05. The first-order valence-electron chi connectivity index (χ1n) is 3.43. The fourth-order valence-corrected chi connectivity index (χ4v) is 1.25. The van der Waals surface area contributed by atoms with Gasteiger partial charge in [0.2, 0.25) is 5.78 Å². The maximum Gasteiger partial charge on any atom is 0.206 e. The third kappa shape index (κ3) is 0.774. The van der Waals surface area contributed by atoms with Gasteiger partial charge in [0, 0.05) is 12.4 Å². The Balaban J connectivity index is 2.37. The molecule has 3 nitrogen and oxygen atoms in total. The smallest absolute Gasteiger partial charge is 0.206 e. The average molecular weight is 148 g/mol. The van der Waals surface area contributed by atoms with Crippen LogP contribution in [-0.4, -0.2) is 16.7 Å². The van der Waals surface area contributed by atoms with Crippen LogP contribution in [0, 0.1) is 0 Å². The predicted octanol–water partition coefficient (Wildman–Crippen LogP) is 0.123. The zero-order valence-corrected chi connectivity index (χ0v) is 5.90. The number of allylic oxidation sites excluding steroid dienone is 2. The van der Waals surface area contributed by atoms with Crippen molar-refractivity contribution in [3.63, 3.8) is 0 Å². The molecule has 2 N–H and O–H groups in total. The average Bonchev–Trinajstić information content (AvgIpc) is 2.30. The Morgan fingerprint density at radius 3 is 3.00 bits per heavy atom. The first-order chi connectivity index (χ1) is 5.29. The molecule has 0 bridgehead atoms. The lowest BCUT2D eigenvalue weighted by atomic mass is 10.1. The van der Waals surface area contributed by atoms with Gasteiger partial charge in [-0.25, -0.2) is 0 Å². The molecule has 2 rings (SSSR count). The quantitative estimate of drug-likeness (QED) is 0.531. The SMILES string of the molecule is NC1=CN2C=CC=CC2C1=O. The van der Waals surface area contributed by atoms with Crippen molar-refractivity contribution >= 4 is 5.78 Å². The van der Waals surface area contributed by atoms with Crippen LogP contribution in [-0.2, 0) is 4.79 Å². The first-order valence-corrected chi connectivity index (χ1v) is 3.43. The van der Waals surface area contributed by atoms with E-state index in [2.05, 4.69) is 0 Å². The molecule has 0 aromatic carbocycles. The molecule has 0 aromatic heterocycles. The van der Waals surface area contributed by atoms with Crippen LogP contribution >= 0.6 is 0 Å². The van der Waals surface area contributed by atoms with Gasteiger partial charge in [0.25, 0.3) is 0 Å². The van der Waals surface area contributed by atoms with Gasteiger partial charge in [-0.1, -0.05) is 12.2 Å². The third-order valence-electron chi connectivity index (χ3n) is 1.83. The highest BCUT2D eigenvalue weighted by molar-refractivity contribution is 6.02. The van der Waals surface area contributed by atoms with Crippen LogP contribution in [0.3, 0.4) is 0 Å². The van der Waals surface area contributed by atoms with Gasteiger partial charge in [-0.2, -0.15) is 0 Å². The Bertz CT molecular complexity index is 288. The molecule has 11 heavy (non-hydrogen) atoms. The Labute approximate surface area is 64.5 Å². The monoisotopic (exact) mass is 148 g/mol. The highest BCUT2D eigenvalue weighted by Gasteiger charge is 2.29. The maximum absolute atomic E-state index is 11.2. The lowest BCUT2D eigenvalue weighted by Crippen LogP contribution is -2.28. The van der Waals surface area contributed by atoms with Crippen LogP contribution in [0.25, 0.3) is 0 Å². The molecule has 56 valence electrons. The zero-order valence-electron chi connectivity index (χ0n) is 5.90. The lowest BCUT2D eigenvalue weighted by Gasteiger charge is -2.18. The molecule has 0 aliphatic carbocycles. The molecule has 2 aliphatic rings. The summed E-state index contributed by atoms with van der Waals surface area (Å²) in [5.41, 5.74) is 5.78. The molecule has 2 aliphatic heterocycles. The van der Waals surface area contributed by atoms with Crippen LogP contribution in [0.5, 0.6) is 0 Å². The van der Waals surface area contributed by atoms with Crippen LogP contribution in [0.1, 0.15) is 0 Å². The number of nitrogens with zero attached hydrogens (tertiary/aromatic N) is 1. The number of fused-ring (bicyclic) bond motifs is 1. The van der Waals surface area contributed by atoms with Crippen LogP contribution in [0.4, 0.5) is 0 Å². The number of Topliss-reactive ketones (excluding diaryl/α,β-unsaturated/α-hetero) is 1. The summed E-state index contributed by atoms with van der Waals surface area (Å²) in [6, 6.07) is -0.181. The van der Waals surface area contributed by atoms with Crippen molar-refractivity contribution in [2.24, 2.45) is 5.73 Å². The van der Waals surface area contributed by atoms with Gasteiger partial charge in [-0.05, 0) is 6.08 Å². The van der Waals surface area contributed by atoms with E-state index in [0.717, 1.165) is 0 Å². The molecular weight excluding hydrogens is 140 g/mol. The van der Waals surface area contributed by atoms with Crippen molar-refractivity contribution in [2.45, 2.75) is 6.04 Å². The first kappa shape index (κ1) is 6.22. The van der Waals surface area contributed by atoms with Gasteiger partial charge in [0.15, 0.2) is 0 Å². The van der Waals surface area contributed by atoms with Crippen molar-refractivity contribution in [1.29, 1.82) is 0 Å². The Hall–Kier alpha value is -1.51. The van der Waals surface area contributed by atoms with E-state index < -0.39 is 0 Å². The number of nitrogens with two attached hydrogens (primary N) is 1. The fourth-order valence-electron chi connectivity index (χ4n) is 1.25. The van der Waals surface area contributed by atoms with Gasteiger partial charge in [-0.15, -0.1) is 0 Å². The van der Waals surface area contributed by atoms with E-state index in [1.165, 1.54) is 0 Å². The van der Waals surface area contributed by atoms with Crippen molar-refractivity contribution in [1.82, 2.24) is 4.90 Å². The second-order valence-corrected chi connectivity index (χ2v) is 2.57. The standard InChI is InChI=1S/C8H8N2O/c9-6-5-10-4-2-1-3-7(10)8(6)11/h1-5,7H,9H2. The summed E-state index contributed by atoms with van der Waals surface area (Å²) in [4.78, 5) is 13.0. The van der Waals surface area contributed by atoms with E-state index in [9.17, 15) is 4.79 Å². The van der Waals surface area contributed by atoms with Crippen molar-refractivity contribution in [3.05, 3.63) is 36.3 Å². The Morgan fingerprint density at radius 1 is 1.45 bits per heavy atom. The maximum atomic E-state index is 11.2. The number of carbonyl (C=O) groups is 1. The number of hydrogen-bond donors (Lipinski definition) is 1. The highest BCUT2D eigenvalue weighted by atomic mass is 16.1. The van der Waals surface area contributed by atoms with E-state index in [1.54, 1.807) is 11.1 Å². The molecule has 3 heteroatoms. The zero-order chi connectivity index (χ0) is 7.84. The molecule has 0 aromatic rings. The second kappa shape index (κ2) is 1.99. The molecule has 0 saturated heterocycles. The Morgan fingerprint density at radius 2 is 2.27 bits per heavy atom. The molecule has 0 spiro atoms. The van der Waals surface area contributed by atoms with Crippen LogP contribution in [0.2, 0.25) is 0 Å². The molecule has 1 atom stereocenters. The lowest BCUT2D eigenvalue weighted by molar-refractivity contribution is -0.116. The minimum absolute atomic E-state index is 0.00870. The number of rotatable bonds is 0. The minimum Gasteiger partial charge on any atom is -0.395 e. The number of ketones is 1. The van der Waals surface area contributed by atoms with Gasteiger partial charge in [0.1, 0.15) is 6.04 Å².